The second-order valence-electron chi connectivity index (χ2n) is 12.7. The summed E-state index contributed by atoms with van der Waals surface area (Å²) >= 11 is 0. The van der Waals surface area contributed by atoms with E-state index in [2.05, 4.69) is 88.4 Å². The van der Waals surface area contributed by atoms with E-state index < -0.39 is 0 Å². The van der Waals surface area contributed by atoms with Crippen molar-refractivity contribution in [2.24, 2.45) is 0 Å². The van der Waals surface area contributed by atoms with Crippen molar-refractivity contribution in [1.82, 2.24) is 24.5 Å². The minimum absolute atomic E-state index is 0.533. The van der Waals surface area contributed by atoms with E-state index in [1.165, 1.54) is 0 Å². The maximum Gasteiger partial charge on any atom is 0.238 e. The Morgan fingerprint density at radius 3 is 1.90 bits per heavy atom. The molecule has 0 saturated heterocycles. The van der Waals surface area contributed by atoms with Gasteiger partial charge in [0.2, 0.25) is 5.95 Å². The van der Waals surface area contributed by atoms with Gasteiger partial charge >= 0.3 is 0 Å². The highest BCUT2D eigenvalue weighted by molar-refractivity contribution is 6.10. The topological polar surface area (TPSA) is 82.8 Å². The van der Waals surface area contributed by atoms with Gasteiger partial charge in [0.15, 0.2) is 11.6 Å². The fraction of sp³-hybridized carbons (Fsp3) is 0. The van der Waals surface area contributed by atoms with Crippen LogP contribution in [0.15, 0.2) is 161 Å². The molecule has 0 spiro atoms. The highest BCUT2D eigenvalue weighted by Gasteiger charge is 2.19. The molecule has 5 heterocycles. The molecule has 0 atom stereocenters. The Morgan fingerprint density at radius 2 is 1.08 bits per heavy atom. The Morgan fingerprint density at radius 1 is 0.431 bits per heavy atom. The second kappa shape index (κ2) is 10.7. The molecule has 0 bridgehead atoms. The Balaban J connectivity index is 1.14. The Labute approximate surface area is 290 Å². The third-order valence-corrected chi connectivity index (χ3v) is 9.77. The Kier molecular flexibility index (Phi) is 5.83. The van der Waals surface area contributed by atoms with Crippen molar-refractivity contribution in [2.45, 2.75) is 0 Å². The molecule has 7 heteroatoms. The minimum Gasteiger partial charge on any atom is -0.456 e. The van der Waals surface area contributed by atoms with Crippen molar-refractivity contribution in [2.75, 3.05) is 0 Å². The van der Waals surface area contributed by atoms with Crippen LogP contribution in [0.1, 0.15) is 0 Å². The molecule has 0 unspecified atom stereocenters. The number of pyridine rings is 1. The molecule has 11 rings (SSSR count). The molecule has 0 radical (unpaired) electrons. The lowest BCUT2D eigenvalue weighted by Crippen LogP contribution is -2.06. The van der Waals surface area contributed by atoms with Crippen molar-refractivity contribution in [3.8, 4) is 39.9 Å². The number of hydrogen-bond acceptors (Lipinski definition) is 6. The first-order chi connectivity index (χ1) is 25.3. The van der Waals surface area contributed by atoms with Crippen LogP contribution in [-0.4, -0.2) is 24.5 Å². The largest absolute Gasteiger partial charge is 0.456 e. The normalized spacial score (nSPS) is 11.9. The van der Waals surface area contributed by atoms with Crippen LogP contribution in [0, 0.1) is 0 Å². The van der Waals surface area contributed by atoms with Gasteiger partial charge in [-0.1, -0.05) is 97.1 Å². The van der Waals surface area contributed by atoms with Crippen molar-refractivity contribution >= 4 is 65.7 Å². The quantitative estimate of drug-likeness (QED) is 0.188. The van der Waals surface area contributed by atoms with Gasteiger partial charge in [0.05, 0.1) is 11.0 Å². The summed E-state index contributed by atoms with van der Waals surface area (Å²) in [5.41, 5.74) is 9.00. The van der Waals surface area contributed by atoms with Crippen LogP contribution in [0.3, 0.4) is 0 Å². The summed E-state index contributed by atoms with van der Waals surface area (Å²) < 4.78 is 14.8. The van der Waals surface area contributed by atoms with Crippen molar-refractivity contribution in [3.63, 3.8) is 0 Å². The van der Waals surface area contributed by atoms with E-state index in [0.29, 0.717) is 17.6 Å². The average molecular weight is 656 g/mol. The lowest BCUT2D eigenvalue weighted by Gasteiger charge is -2.11. The molecule has 0 aliphatic carbocycles. The van der Waals surface area contributed by atoms with E-state index in [0.717, 1.165) is 87.9 Å². The van der Waals surface area contributed by atoms with Crippen molar-refractivity contribution < 1.29 is 8.83 Å². The zero-order chi connectivity index (χ0) is 33.5. The summed E-state index contributed by atoms with van der Waals surface area (Å²) in [5.74, 6) is 1.64. The number of hydrogen-bond donors (Lipinski definition) is 0. The molecule has 238 valence electrons. The molecule has 0 aliphatic heterocycles. The molecule has 0 aliphatic rings. The molecule has 11 aromatic rings. The van der Waals surface area contributed by atoms with Gasteiger partial charge in [-0.3, -0.25) is 9.55 Å². The van der Waals surface area contributed by atoms with Gasteiger partial charge in [-0.15, -0.1) is 0 Å². The predicted octanol–water partition coefficient (Wildman–Crippen LogP) is 11.2. The van der Waals surface area contributed by atoms with Crippen LogP contribution < -0.4 is 0 Å². The average Bonchev–Trinajstić information content (AvgIpc) is 3.87. The van der Waals surface area contributed by atoms with Crippen LogP contribution in [0.2, 0.25) is 0 Å². The molecule has 0 saturated carbocycles. The van der Waals surface area contributed by atoms with Crippen molar-refractivity contribution in [3.05, 3.63) is 152 Å². The van der Waals surface area contributed by atoms with Crippen LogP contribution in [0.5, 0.6) is 0 Å². The molecule has 6 aromatic carbocycles. The first-order valence-electron chi connectivity index (χ1n) is 16.8. The summed E-state index contributed by atoms with van der Waals surface area (Å²) in [7, 11) is 0. The SMILES string of the molecule is c1cc(-c2nc(-c3ccc4c(c3)oc3ccncc34)nc(-n3c4ccccc4c4ccccc43)n2)cc(-c2cccc3c2oc2ccccc23)c1. The molecule has 0 fully saturated rings. The second-order valence-corrected chi connectivity index (χ2v) is 12.7. The molecule has 51 heavy (non-hydrogen) atoms. The van der Waals surface area contributed by atoms with Gasteiger partial charge < -0.3 is 8.83 Å². The lowest BCUT2D eigenvalue weighted by molar-refractivity contribution is 0.668. The number of fused-ring (bicyclic) bond motifs is 9. The summed E-state index contributed by atoms with van der Waals surface area (Å²) in [6.45, 7) is 0. The van der Waals surface area contributed by atoms with Crippen LogP contribution >= 0.6 is 0 Å². The summed E-state index contributed by atoms with van der Waals surface area (Å²) in [6.07, 6.45) is 3.58. The van der Waals surface area contributed by atoms with E-state index in [1.54, 1.807) is 6.20 Å². The Hall–Kier alpha value is -7.12. The van der Waals surface area contributed by atoms with Gasteiger partial charge in [0, 0.05) is 61.4 Å². The predicted molar refractivity (Wildman–Crippen MR) is 203 cm³/mol. The third-order valence-electron chi connectivity index (χ3n) is 9.77. The number of rotatable bonds is 4. The van der Waals surface area contributed by atoms with Gasteiger partial charge in [-0.25, -0.2) is 4.98 Å². The number of benzene rings is 6. The zero-order valence-corrected chi connectivity index (χ0v) is 27.0. The van der Waals surface area contributed by atoms with E-state index in [-0.39, 0.29) is 0 Å². The molecular weight excluding hydrogens is 631 g/mol. The van der Waals surface area contributed by atoms with Gasteiger partial charge in [-0.05, 0) is 48.0 Å². The first kappa shape index (κ1) is 27.8. The lowest BCUT2D eigenvalue weighted by atomic mass is 10.0. The maximum absolute atomic E-state index is 6.41. The monoisotopic (exact) mass is 655 g/mol. The maximum atomic E-state index is 6.41. The fourth-order valence-corrected chi connectivity index (χ4v) is 7.42. The van der Waals surface area contributed by atoms with Crippen molar-refractivity contribution in [1.29, 1.82) is 0 Å². The van der Waals surface area contributed by atoms with Crippen LogP contribution in [-0.2, 0) is 0 Å². The molecule has 7 nitrogen and oxygen atoms in total. The molecule has 0 amide bonds. The van der Waals surface area contributed by atoms with Gasteiger partial charge in [-0.2, -0.15) is 9.97 Å². The van der Waals surface area contributed by atoms with Crippen LogP contribution in [0.4, 0.5) is 0 Å². The molecule has 0 N–H and O–H groups in total. The zero-order valence-electron chi connectivity index (χ0n) is 27.0. The van der Waals surface area contributed by atoms with E-state index in [1.807, 2.05) is 66.9 Å². The molecule has 5 aromatic heterocycles. The van der Waals surface area contributed by atoms with E-state index >= 15 is 0 Å². The summed E-state index contributed by atoms with van der Waals surface area (Å²) in [6, 6.07) is 47.5. The van der Waals surface area contributed by atoms with E-state index in [4.69, 9.17) is 23.8 Å². The smallest absolute Gasteiger partial charge is 0.238 e. The Bertz CT molecular complexity index is 3120. The highest BCUT2D eigenvalue weighted by Crippen LogP contribution is 2.38. The number of nitrogens with zero attached hydrogens (tertiary/aromatic N) is 5. The number of aromatic nitrogens is 5. The minimum atomic E-state index is 0.533. The first-order valence-corrected chi connectivity index (χ1v) is 16.8. The third kappa shape index (κ3) is 4.25. The van der Waals surface area contributed by atoms with E-state index in [9.17, 15) is 0 Å². The summed E-state index contributed by atoms with van der Waals surface area (Å²) in [5, 5.41) is 6.41. The standard InChI is InChI=1S/C44H25N5O2/c1-4-16-36-30(11-1)31-12-2-5-17-37(31)49(36)44-47-42(46-43(48-44)28-19-20-33-35-25-45-22-21-39(35)50-40(33)24-28)27-10-7-9-26(23-27)29-14-8-15-34-32-13-3-6-18-38(32)51-41(29)34/h1-25H. The highest BCUT2D eigenvalue weighted by atomic mass is 16.3. The van der Waals surface area contributed by atoms with Gasteiger partial charge in [0.25, 0.3) is 0 Å². The fourth-order valence-electron chi connectivity index (χ4n) is 7.42. The van der Waals surface area contributed by atoms with Crippen LogP contribution in [0.25, 0.3) is 106 Å². The number of furan rings is 2. The molecular formula is C44H25N5O2. The number of para-hydroxylation sites is 4. The summed E-state index contributed by atoms with van der Waals surface area (Å²) in [4.78, 5) is 19.8. The van der Waals surface area contributed by atoms with Gasteiger partial charge in [0.1, 0.15) is 22.3 Å².